The molecule has 0 saturated carbocycles. The normalized spacial score (nSPS) is 11.1. The Morgan fingerprint density at radius 1 is 0.967 bits per heavy atom. The van der Waals surface area contributed by atoms with Crippen molar-refractivity contribution in [2.45, 2.75) is 24.9 Å². The van der Waals surface area contributed by atoms with E-state index < -0.39 is 10.0 Å². The number of anilines is 1. The molecule has 3 N–H and O–H groups in total. The SMILES string of the molecule is CC(=O)Nc1cccc(CNC(=O)c2ccc(S(=O)(=O)NCc3cccs3)cc2)c1. The third-order valence-electron chi connectivity index (χ3n) is 4.14. The van der Waals surface area contributed by atoms with Crippen molar-refractivity contribution < 1.29 is 18.0 Å². The molecule has 2 aromatic carbocycles. The van der Waals surface area contributed by atoms with Gasteiger partial charge in [-0.25, -0.2) is 13.1 Å². The van der Waals surface area contributed by atoms with Gasteiger partial charge in [0.05, 0.1) is 4.90 Å². The molecule has 2 amide bonds. The Labute approximate surface area is 179 Å². The maximum atomic E-state index is 12.4. The summed E-state index contributed by atoms with van der Waals surface area (Å²) in [7, 11) is -3.66. The lowest BCUT2D eigenvalue weighted by Gasteiger charge is -2.09. The van der Waals surface area contributed by atoms with Crippen molar-refractivity contribution in [1.82, 2.24) is 10.0 Å². The lowest BCUT2D eigenvalue weighted by atomic mass is 10.1. The molecule has 0 aliphatic carbocycles. The summed E-state index contributed by atoms with van der Waals surface area (Å²) in [5.74, 6) is -0.494. The summed E-state index contributed by atoms with van der Waals surface area (Å²) in [6.07, 6.45) is 0. The number of benzene rings is 2. The van der Waals surface area contributed by atoms with Gasteiger partial charge in [-0.05, 0) is 53.4 Å². The molecule has 156 valence electrons. The lowest BCUT2D eigenvalue weighted by Crippen LogP contribution is -2.24. The second kappa shape index (κ2) is 9.66. The molecule has 9 heteroatoms. The quantitative estimate of drug-likeness (QED) is 0.498. The highest BCUT2D eigenvalue weighted by molar-refractivity contribution is 7.89. The van der Waals surface area contributed by atoms with Crippen molar-refractivity contribution in [3.8, 4) is 0 Å². The topological polar surface area (TPSA) is 104 Å². The van der Waals surface area contributed by atoms with Gasteiger partial charge >= 0.3 is 0 Å². The molecule has 1 heterocycles. The number of sulfonamides is 1. The molecular formula is C21H21N3O4S2. The Balaban J connectivity index is 1.59. The van der Waals surface area contributed by atoms with Crippen LogP contribution >= 0.6 is 11.3 Å². The van der Waals surface area contributed by atoms with Gasteiger partial charge < -0.3 is 10.6 Å². The molecular weight excluding hydrogens is 422 g/mol. The fourth-order valence-corrected chi connectivity index (χ4v) is 4.44. The smallest absolute Gasteiger partial charge is 0.251 e. The van der Waals surface area contributed by atoms with Gasteiger partial charge in [0.15, 0.2) is 0 Å². The summed E-state index contributed by atoms with van der Waals surface area (Å²) in [6.45, 7) is 1.92. The van der Waals surface area contributed by atoms with Crippen LogP contribution in [-0.4, -0.2) is 20.2 Å². The van der Waals surface area contributed by atoms with Crippen LogP contribution in [0.1, 0.15) is 27.7 Å². The first-order chi connectivity index (χ1) is 14.3. The van der Waals surface area contributed by atoms with Gasteiger partial charge in [0.25, 0.3) is 5.91 Å². The third kappa shape index (κ3) is 5.99. The number of rotatable bonds is 8. The highest BCUT2D eigenvalue weighted by atomic mass is 32.2. The van der Waals surface area contributed by atoms with Crippen molar-refractivity contribution in [3.05, 3.63) is 82.0 Å². The Morgan fingerprint density at radius 2 is 1.73 bits per heavy atom. The van der Waals surface area contributed by atoms with Gasteiger partial charge in [0.1, 0.15) is 0 Å². The summed E-state index contributed by atoms with van der Waals surface area (Å²) >= 11 is 1.47. The van der Waals surface area contributed by atoms with Gasteiger partial charge in [-0.3, -0.25) is 9.59 Å². The molecule has 7 nitrogen and oxygen atoms in total. The van der Waals surface area contributed by atoms with E-state index in [-0.39, 0.29) is 29.8 Å². The van der Waals surface area contributed by atoms with E-state index in [4.69, 9.17) is 0 Å². The molecule has 0 unspecified atom stereocenters. The predicted molar refractivity (Wildman–Crippen MR) is 117 cm³/mol. The molecule has 0 spiro atoms. The van der Waals surface area contributed by atoms with Crippen LogP contribution in [-0.2, 0) is 27.9 Å². The summed E-state index contributed by atoms with van der Waals surface area (Å²) in [5, 5.41) is 7.35. The number of thiophene rings is 1. The molecule has 0 bridgehead atoms. The zero-order chi connectivity index (χ0) is 21.6. The Bertz CT molecular complexity index is 1130. The summed E-state index contributed by atoms with van der Waals surface area (Å²) in [5.41, 5.74) is 1.83. The van der Waals surface area contributed by atoms with Crippen LogP contribution in [0.25, 0.3) is 0 Å². The molecule has 3 aromatic rings. The van der Waals surface area contributed by atoms with Crippen LogP contribution in [0.5, 0.6) is 0 Å². The van der Waals surface area contributed by atoms with Crippen molar-refractivity contribution in [2.24, 2.45) is 0 Å². The summed E-state index contributed by atoms with van der Waals surface area (Å²) in [4.78, 5) is 24.5. The first kappa shape index (κ1) is 21.7. The van der Waals surface area contributed by atoms with Crippen molar-refractivity contribution in [2.75, 3.05) is 5.32 Å². The summed E-state index contributed by atoms with van der Waals surface area (Å²) in [6, 6.07) is 16.6. The highest BCUT2D eigenvalue weighted by Crippen LogP contribution is 2.14. The van der Waals surface area contributed by atoms with Gasteiger partial charge in [0, 0.05) is 36.1 Å². The first-order valence-electron chi connectivity index (χ1n) is 9.10. The molecule has 0 radical (unpaired) electrons. The minimum absolute atomic E-state index is 0.0959. The maximum Gasteiger partial charge on any atom is 0.251 e. The fraction of sp³-hybridized carbons (Fsp3) is 0.143. The van der Waals surface area contributed by atoms with Gasteiger partial charge in [0.2, 0.25) is 15.9 Å². The Hall–Kier alpha value is -3.01. The van der Waals surface area contributed by atoms with Crippen LogP contribution in [0, 0.1) is 0 Å². The average Bonchev–Trinajstić information content (AvgIpc) is 3.24. The molecule has 1 aromatic heterocycles. The number of carbonyl (C=O) groups excluding carboxylic acids is 2. The number of carbonyl (C=O) groups is 2. The zero-order valence-corrected chi connectivity index (χ0v) is 17.8. The van der Waals surface area contributed by atoms with Gasteiger partial charge in [-0.2, -0.15) is 0 Å². The molecule has 0 fully saturated rings. The molecule has 0 atom stereocenters. The number of nitrogens with one attached hydrogen (secondary N) is 3. The van der Waals surface area contributed by atoms with Crippen LogP contribution in [0.4, 0.5) is 5.69 Å². The molecule has 0 aliphatic rings. The van der Waals surface area contributed by atoms with E-state index in [0.717, 1.165) is 10.4 Å². The maximum absolute atomic E-state index is 12.4. The van der Waals surface area contributed by atoms with E-state index >= 15 is 0 Å². The minimum atomic E-state index is -3.66. The van der Waals surface area contributed by atoms with Crippen molar-refractivity contribution in [3.63, 3.8) is 0 Å². The van der Waals surface area contributed by atoms with Crippen LogP contribution in [0.2, 0.25) is 0 Å². The Morgan fingerprint density at radius 3 is 2.40 bits per heavy atom. The van der Waals surface area contributed by atoms with Gasteiger partial charge in [-0.1, -0.05) is 18.2 Å². The fourth-order valence-electron chi connectivity index (χ4n) is 2.69. The van der Waals surface area contributed by atoms with Crippen LogP contribution in [0.15, 0.2) is 70.9 Å². The van der Waals surface area contributed by atoms with E-state index in [1.54, 1.807) is 18.2 Å². The third-order valence-corrected chi connectivity index (χ3v) is 6.44. The monoisotopic (exact) mass is 443 g/mol. The Kier molecular flexibility index (Phi) is 6.99. The predicted octanol–water partition coefficient (Wildman–Crippen LogP) is 3.12. The molecule has 0 aliphatic heterocycles. The zero-order valence-electron chi connectivity index (χ0n) is 16.2. The van der Waals surface area contributed by atoms with Crippen molar-refractivity contribution in [1.29, 1.82) is 0 Å². The average molecular weight is 444 g/mol. The van der Waals surface area contributed by atoms with Crippen molar-refractivity contribution >= 4 is 38.9 Å². The van der Waals surface area contributed by atoms with Crippen LogP contribution in [0.3, 0.4) is 0 Å². The second-order valence-corrected chi connectivity index (χ2v) is 9.29. The molecule has 0 saturated heterocycles. The van der Waals surface area contributed by atoms with Crippen LogP contribution < -0.4 is 15.4 Å². The lowest BCUT2D eigenvalue weighted by molar-refractivity contribution is -0.114. The first-order valence-corrected chi connectivity index (χ1v) is 11.5. The minimum Gasteiger partial charge on any atom is -0.348 e. The number of hydrogen-bond donors (Lipinski definition) is 3. The van der Waals surface area contributed by atoms with E-state index in [2.05, 4.69) is 15.4 Å². The van der Waals surface area contributed by atoms with E-state index in [9.17, 15) is 18.0 Å². The standard InChI is InChI=1S/C21H21N3O4S2/c1-15(25)24-18-5-2-4-16(12-18)13-22-21(26)17-7-9-20(10-8-17)30(27,28)23-14-19-6-3-11-29-19/h2-12,23H,13-14H2,1H3,(H,22,26)(H,24,25). The molecule has 30 heavy (non-hydrogen) atoms. The highest BCUT2D eigenvalue weighted by Gasteiger charge is 2.15. The number of amides is 2. The van der Waals surface area contributed by atoms with E-state index in [1.165, 1.54) is 42.5 Å². The van der Waals surface area contributed by atoms with Gasteiger partial charge in [-0.15, -0.1) is 11.3 Å². The summed E-state index contributed by atoms with van der Waals surface area (Å²) < 4.78 is 27.3. The second-order valence-electron chi connectivity index (χ2n) is 6.49. The van der Waals surface area contributed by atoms with E-state index in [0.29, 0.717) is 11.3 Å². The molecule has 3 rings (SSSR count). The van der Waals surface area contributed by atoms with E-state index in [1.807, 2.05) is 23.6 Å². The number of hydrogen-bond acceptors (Lipinski definition) is 5. The largest absolute Gasteiger partial charge is 0.348 e.